The Morgan fingerprint density at radius 3 is 2.65 bits per heavy atom. The van der Waals surface area contributed by atoms with Crippen LogP contribution in [0.1, 0.15) is 45.7 Å². The molecule has 0 radical (unpaired) electrons. The third kappa shape index (κ3) is 5.47. The molecule has 1 N–H and O–H groups in total. The van der Waals surface area contributed by atoms with E-state index in [-0.39, 0.29) is 18.0 Å². The Hall–Kier alpha value is -1.13. The van der Waals surface area contributed by atoms with Gasteiger partial charge in [0, 0.05) is 18.2 Å². The maximum absolute atomic E-state index is 13.5. The molecule has 114 valence electrons. The van der Waals surface area contributed by atoms with E-state index in [2.05, 4.69) is 12.2 Å². The smallest absolute Gasteiger partial charge is 0.124 e. The van der Waals surface area contributed by atoms with E-state index in [1.165, 1.54) is 12.1 Å². The highest BCUT2D eigenvalue weighted by molar-refractivity contribution is 5.36. The lowest BCUT2D eigenvalue weighted by Crippen LogP contribution is -2.23. The molecule has 20 heavy (non-hydrogen) atoms. The highest BCUT2D eigenvalue weighted by atomic mass is 19.1. The number of ether oxygens (including phenoxy) is 2. The molecule has 0 amide bonds. The van der Waals surface area contributed by atoms with E-state index < -0.39 is 0 Å². The minimum absolute atomic E-state index is 0.0555. The minimum atomic E-state index is -0.241. The van der Waals surface area contributed by atoms with E-state index in [1.807, 2.05) is 20.8 Å². The van der Waals surface area contributed by atoms with Gasteiger partial charge in [-0.15, -0.1) is 0 Å². The van der Waals surface area contributed by atoms with Crippen LogP contribution in [-0.4, -0.2) is 25.9 Å². The quantitative estimate of drug-likeness (QED) is 0.749. The number of halogens is 1. The van der Waals surface area contributed by atoms with Gasteiger partial charge in [0.2, 0.25) is 0 Å². The molecule has 0 saturated carbocycles. The molecule has 0 aliphatic rings. The average Bonchev–Trinajstić information content (AvgIpc) is 2.44. The monoisotopic (exact) mass is 283 g/mol. The number of nitrogens with one attached hydrogen (secondary N) is 1. The third-order valence-electron chi connectivity index (χ3n) is 3.02. The summed E-state index contributed by atoms with van der Waals surface area (Å²) in [7, 11) is 0. The Balaban J connectivity index is 2.78. The molecule has 0 saturated heterocycles. The maximum Gasteiger partial charge on any atom is 0.124 e. The summed E-state index contributed by atoms with van der Waals surface area (Å²) in [6.07, 6.45) is 0.980. The van der Waals surface area contributed by atoms with Crippen LogP contribution in [0, 0.1) is 5.82 Å². The fourth-order valence-corrected chi connectivity index (χ4v) is 1.97. The Bertz CT molecular complexity index is 398. The Kier molecular flexibility index (Phi) is 7.55. The molecular weight excluding hydrogens is 257 g/mol. The van der Waals surface area contributed by atoms with Crippen LogP contribution in [-0.2, 0) is 4.74 Å². The highest BCUT2D eigenvalue weighted by Crippen LogP contribution is 2.27. The summed E-state index contributed by atoms with van der Waals surface area (Å²) < 4.78 is 24.7. The summed E-state index contributed by atoms with van der Waals surface area (Å²) in [4.78, 5) is 0. The number of hydrogen-bond acceptors (Lipinski definition) is 3. The lowest BCUT2D eigenvalue weighted by molar-refractivity contribution is 0.0649. The van der Waals surface area contributed by atoms with Crippen LogP contribution in [0.4, 0.5) is 4.39 Å². The molecule has 0 heterocycles. The number of rotatable bonds is 9. The second kappa shape index (κ2) is 8.93. The van der Waals surface area contributed by atoms with Crippen molar-refractivity contribution in [2.24, 2.45) is 0 Å². The van der Waals surface area contributed by atoms with Gasteiger partial charge in [-0.25, -0.2) is 4.39 Å². The molecule has 1 aromatic rings. The SMILES string of the molecule is CCCNC(C)c1cc(F)ccc1OC(C)COCC. The van der Waals surface area contributed by atoms with Gasteiger partial charge in [0.1, 0.15) is 17.7 Å². The molecule has 0 fully saturated rings. The zero-order valence-corrected chi connectivity index (χ0v) is 12.9. The third-order valence-corrected chi connectivity index (χ3v) is 3.02. The molecule has 1 rings (SSSR count). The highest BCUT2D eigenvalue weighted by Gasteiger charge is 2.14. The standard InChI is InChI=1S/C16H26FNO2/c1-5-9-18-13(4)15-10-14(17)7-8-16(15)20-12(3)11-19-6-2/h7-8,10,12-13,18H,5-6,9,11H2,1-4H3. The predicted octanol–water partition coefficient (Wildman–Crippen LogP) is 3.69. The normalized spacial score (nSPS) is 14.1. The molecule has 2 atom stereocenters. The summed E-state index contributed by atoms with van der Waals surface area (Å²) in [5.74, 6) is 0.477. The topological polar surface area (TPSA) is 30.5 Å². The molecule has 4 heteroatoms. The molecule has 0 aliphatic heterocycles. The van der Waals surface area contributed by atoms with E-state index in [0.29, 0.717) is 13.2 Å². The molecular formula is C16H26FNO2. The van der Waals surface area contributed by atoms with E-state index in [9.17, 15) is 4.39 Å². The zero-order chi connectivity index (χ0) is 15.0. The first-order valence-electron chi connectivity index (χ1n) is 7.35. The van der Waals surface area contributed by atoms with Crippen molar-refractivity contribution in [1.82, 2.24) is 5.32 Å². The Labute approximate surface area is 121 Å². The van der Waals surface area contributed by atoms with Crippen LogP contribution in [0.2, 0.25) is 0 Å². The van der Waals surface area contributed by atoms with Crippen LogP contribution in [0.15, 0.2) is 18.2 Å². The van der Waals surface area contributed by atoms with Crippen LogP contribution in [0.25, 0.3) is 0 Å². The molecule has 1 aromatic carbocycles. The van der Waals surface area contributed by atoms with Crippen molar-refractivity contribution in [2.45, 2.75) is 46.3 Å². The van der Waals surface area contributed by atoms with Crippen molar-refractivity contribution >= 4 is 0 Å². The second-order valence-corrected chi connectivity index (χ2v) is 4.95. The molecule has 3 nitrogen and oxygen atoms in total. The van der Waals surface area contributed by atoms with Crippen molar-refractivity contribution in [1.29, 1.82) is 0 Å². The van der Waals surface area contributed by atoms with Gasteiger partial charge in [0.05, 0.1) is 6.61 Å². The van der Waals surface area contributed by atoms with Gasteiger partial charge < -0.3 is 14.8 Å². The van der Waals surface area contributed by atoms with Crippen LogP contribution in [0.3, 0.4) is 0 Å². The van der Waals surface area contributed by atoms with Crippen molar-refractivity contribution in [3.63, 3.8) is 0 Å². The lowest BCUT2D eigenvalue weighted by atomic mass is 10.1. The lowest BCUT2D eigenvalue weighted by Gasteiger charge is -2.21. The zero-order valence-electron chi connectivity index (χ0n) is 12.9. The minimum Gasteiger partial charge on any atom is -0.488 e. The van der Waals surface area contributed by atoms with Gasteiger partial charge in [-0.2, -0.15) is 0 Å². The summed E-state index contributed by atoms with van der Waals surface area (Å²) in [5, 5.41) is 3.35. The van der Waals surface area contributed by atoms with E-state index in [1.54, 1.807) is 6.07 Å². The van der Waals surface area contributed by atoms with Gasteiger partial charge in [-0.3, -0.25) is 0 Å². The van der Waals surface area contributed by atoms with Crippen LogP contribution < -0.4 is 10.1 Å². The number of hydrogen-bond donors (Lipinski definition) is 1. The van der Waals surface area contributed by atoms with E-state index in [4.69, 9.17) is 9.47 Å². The van der Waals surface area contributed by atoms with E-state index in [0.717, 1.165) is 24.3 Å². The predicted molar refractivity (Wildman–Crippen MR) is 79.7 cm³/mol. The van der Waals surface area contributed by atoms with Gasteiger partial charge in [-0.05, 0) is 51.9 Å². The van der Waals surface area contributed by atoms with Gasteiger partial charge >= 0.3 is 0 Å². The van der Waals surface area contributed by atoms with Gasteiger partial charge in [-0.1, -0.05) is 6.92 Å². The molecule has 0 aliphatic carbocycles. The average molecular weight is 283 g/mol. The first-order valence-corrected chi connectivity index (χ1v) is 7.35. The maximum atomic E-state index is 13.5. The second-order valence-electron chi connectivity index (χ2n) is 4.95. The summed E-state index contributed by atoms with van der Waals surface area (Å²) in [5.41, 5.74) is 0.849. The largest absolute Gasteiger partial charge is 0.488 e. The summed E-state index contributed by atoms with van der Waals surface area (Å²) in [6.45, 7) is 10.1. The summed E-state index contributed by atoms with van der Waals surface area (Å²) >= 11 is 0. The molecule has 0 bridgehead atoms. The number of benzene rings is 1. The fraction of sp³-hybridized carbons (Fsp3) is 0.625. The van der Waals surface area contributed by atoms with Crippen molar-refractivity contribution in [2.75, 3.05) is 19.8 Å². The molecule has 0 spiro atoms. The Morgan fingerprint density at radius 1 is 1.25 bits per heavy atom. The summed E-state index contributed by atoms with van der Waals surface area (Å²) in [6, 6.07) is 4.71. The van der Waals surface area contributed by atoms with Crippen molar-refractivity contribution < 1.29 is 13.9 Å². The van der Waals surface area contributed by atoms with Crippen LogP contribution in [0.5, 0.6) is 5.75 Å². The Morgan fingerprint density at radius 2 is 2.00 bits per heavy atom. The van der Waals surface area contributed by atoms with E-state index >= 15 is 0 Å². The fourth-order valence-electron chi connectivity index (χ4n) is 1.97. The van der Waals surface area contributed by atoms with Gasteiger partial charge in [0.25, 0.3) is 0 Å². The van der Waals surface area contributed by atoms with Crippen LogP contribution >= 0.6 is 0 Å². The van der Waals surface area contributed by atoms with Crippen molar-refractivity contribution in [3.05, 3.63) is 29.6 Å². The molecule has 2 unspecified atom stereocenters. The first-order chi connectivity index (χ1) is 9.58. The van der Waals surface area contributed by atoms with Gasteiger partial charge in [0.15, 0.2) is 0 Å². The molecule has 0 aromatic heterocycles. The first kappa shape index (κ1) is 16.9. The van der Waals surface area contributed by atoms with Crippen molar-refractivity contribution in [3.8, 4) is 5.75 Å².